The highest BCUT2D eigenvalue weighted by atomic mass is 19.1. The van der Waals surface area contributed by atoms with Crippen LogP contribution in [0.15, 0.2) is 54.6 Å². The Bertz CT molecular complexity index is 453. The van der Waals surface area contributed by atoms with Gasteiger partial charge in [0.25, 0.3) is 0 Å². The topological polar surface area (TPSA) is 0 Å². The third-order valence-electron chi connectivity index (χ3n) is 2.43. The van der Waals surface area contributed by atoms with Crippen molar-refractivity contribution in [1.82, 2.24) is 0 Å². The van der Waals surface area contributed by atoms with Crippen LogP contribution in [0.4, 0.5) is 8.78 Å². The highest BCUT2D eigenvalue weighted by Crippen LogP contribution is 2.20. The third-order valence-corrected chi connectivity index (χ3v) is 2.43. The molecule has 0 N–H and O–H groups in total. The van der Waals surface area contributed by atoms with Crippen LogP contribution in [-0.2, 0) is 5.41 Å². The normalized spacial score (nSPS) is 10.5. The first kappa shape index (κ1) is 14.4. The van der Waals surface area contributed by atoms with E-state index >= 15 is 0 Å². The SMILES string of the molecule is CC(C)(C)c1ccccc1.Fc1cccc(F)c1. The molecule has 96 valence electrons. The van der Waals surface area contributed by atoms with Crippen LogP contribution in [-0.4, -0.2) is 0 Å². The maximum atomic E-state index is 11.9. The maximum Gasteiger partial charge on any atom is 0.126 e. The Hall–Kier alpha value is -1.70. The minimum absolute atomic E-state index is 0.293. The summed E-state index contributed by atoms with van der Waals surface area (Å²) in [4.78, 5) is 0. The molecular formula is C16H18F2. The average molecular weight is 248 g/mol. The third kappa shape index (κ3) is 5.09. The molecule has 0 aliphatic rings. The molecule has 2 heteroatoms. The van der Waals surface area contributed by atoms with E-state index in [1.165, 1.54) is 23.8 Å². The van der Waals surface area contributed by atoms with Crippen molar-refractivity contribution in [3.05, 3.63) is 71.8 Å². The van der Waals surface area contributed by atoms with E-state index in [0.29, 0.717) is 5.41 Å². The molecule has 0 nitrogen and oxygen atoms in total. The fourth-order valence-corrected chi connectivity index (χ4v) is 1.40. The second-order valence-electron chi connectivity index (χ2n) is 5.06. The molecule has 0 aliphatic heterocycles. The van der Waals surface area contributed by atoms with Crippen molar-refractivity contribution >= 4 is 0 Å². The van der Waals surface area contributed by atoms with Crippen LogP contribution in [0.5, 0.6) is 0 Å². The Kier molecular flexibility index (Phi) is 5.02. The fourth-order valence-electron chi connectivity index (χ4n) is 1.40. The summed E-state index contributed by atoms with van der Waals surface area (Å²) in [6.07, 6.45) is 0. The van der Waals surface area contributed by atoms with E-state index in [2.05, 4.69) is 51.1 Å². The summed E-state index contributed by atoms with van der Waals surface area (Å²) in [6.45, 7) is 6.67. The van der Waals surface area contributed by atoms with Crippen LogP contribution in [0.1, 0.15) is 26.3 Å². The van der Waals surface area contributed by atoms with E-state index in [1.54, 1.807) is 0 Å². The lowest BCUT2D eigenvalue weighted by Gasteiger charge is -2.18. The van der Waals surface area contributed by atoms with Gasteiger partial charge in [0, 0.05) is 6.07 Å². The predicted molar refractivity (Wildman–Crippen MR) is 71.5 cm³/mol. The lowest BCUT2D eigenvalue weighted by Crippen LogP contribution is -2.10. The molecular weight excluding hydrogens is 230 g/mol. The van der Waals surface area contributed by atoms with E-state index in [-0.39, 0.29) is 0 Å². The lowest BCUT2D eigenvalue weighted by molar-refractivity contribution is 0.583. The van der Waals surface area contributed by atoms with Crippen molar-refractivity contribution in [3.63, 3.8) is 0 Å². The van der Waals surface area contributed by atoms with Crippen LogP contribution in [0.3, 0.4) is 0 Å². The highest BCUT2D eigenvalue weighted by molar-refractivity contribution is 5.21. The number of benzene rings is 2. The Morgan fingerprint density at radius 2 is 1.22 bits per heavy atom. The summed E-state index contributed by atoms with van der Waals surface area (Å²) in [7, 11) is 0. The average Bonchev–Trinajstić information content (AvgIpc) is 2.29. The Morgan fingerprint density at radius 1 is 0.722 bits per heavy atom. The molecule has 0 saturated carbocycles. The summed E-state index contributed by atoms with van der Waals surface area (Å²) in [5.74, 6) is -1.07. The molecule has 0 radical (unpaired) electrons. The first-order valence-electron chi connectivity index (χ1n) is 5.86. The molecule has 0 saturated heterocycles. The zero-order valence-corrected chi connectivity index (χ0v) is 11.0. The highest BCUT2D eigenvalue weighted by Gasteiger charge is 2.11. The number of hydrogen-bond acceptors (Lipinski definition) is 0. The van der Waals surface area contributed by atoms with Crippen LogP contribution in [0.2, 0.25) is 0 Å². The Morgan fingerprint density at radius 3 is 1.50 bits per heavy atom. The van der Waals surface area contributed by atoms with Crippen molar-refractivity contribution in [3.8, 4) is 0 Å². The Labute approximate surface area is 107 Å². The molecule has 0 amide bonds. The smallest absolute Gasteiger partial charge is 0.126 e. The lowest BCUT2D eigenvalue weighted by atomic mass is 9.87. The molecule has 0 unspecified atom stereocenters. The summed E-state index contributed by atoms with van der Waals surface area (Å²) >= 11 is 0. The van der Waals surface area contributed by atoms with Gasteiger partial charge in [0.15, 0.2) is 0 Å². The van der Waals surface area contributed by atoms with Gasteiger partial charge in [-0.3, -0.25) is 0 Å². The van der Waals surface area contributed by atoms with Crippen molar-refractivity contribution in [2.24, 2.45) is 0 Å². The number of halogens is 2. The van der Waals surface area contributed by atoms with Crippen LogP contribution in [0.25, 0.3) is 0 Å². The predicted octanol–water partition coefficient (Wildman–Crippen LogP) is 4.95. The largest absolute Gasteiger partial charge is 0.207 e. The van der Waals surface area contributed by atoms with Gasteiger partial charge in [-0.25, -0.2) is 8.78 Å². The van der Waals surface area contributed by atoms with Crippen LogP contribution < -0.4 is 0 Å². The zero-order valence-electron chi connectivity index (χ0n) is 11.0. The monoisotopic (exact) mass is 248 g/mol. The summed E-state index contributed by atoms with van der Waals surface area (Å²) in [5.41, 5.74) is 1.69. The first-order chi connectivity index (χ1) is 8.39. The molecule has 2 aromatic rings. The molecule has 18 heavy (non-hydrogen) atoms. The van der Waals surface area contributed by atoms with Gasteiger partial charge >= 0.3 is 0 Å². The molecule has 2 aromatic carbocycles. The van der Waals surface area contributed by atoms with Crippen LogP contribution >= 0.6 is 0 Å². The molecule has 0 bridgehead atoms. The van der Waals surface area contributed by atoms with E-state index in [0.717, 1.165) is 6.07 Å². The number of hydrogen-bond donors (Lipinski definition) is 0. The second kappa shape index (κ2) is 6.29. The van der Waals surface area contributed by atoms with Crippen LogP contribution in [0, 0.1) is 11.6 Å². The molecule has 0 heterocycles. The van der Waals surface area contributed by atoms with Crippen molar-refractivity contribution in [2.45, 2.75) is 26.2 Å². The van der Waals surface area contributed by atoms with E-state index in [1.807, 2.05) is 0 Å². The first-order valence-corrected chi connectivity index (χ1v) is 5.86. The molecule has 2 rings (SSSR count). The van der Waals surface area contributed by atoms with Crippen molar-refractivity contribution < 1.29 is 8.78 Å². The second-order valence-corrected chi connectivity index (χ2v) is 5.06. The minimum Gasteiger partial charge on any atom is -0.207 e. The van der Waals surface area contributed by atoms with Gasteiger partial charge in [-0.05, 0) is 23.1 Å². The summed E-state index contributed by atoms with van der Waals surface area (Å²) in [5, 5.41) is 0. The van der Waals surface area contributed by atoms with Gasteiger partial charge in [-0.2, -0.15) is 0 Å². The standard InChI is InChI=1S/C10H14.C6H4F2/c1-10(2,3)9-7-5-4-6-8-9;7-5-2-1-3-6(8)4-5/h4-8H,1-3H3;1-4H. The van der Waals surface area contributed by atoms with Gasteiger partial charge < -0.3 is 0 Å². The van der Waals surface area contributed by atoms with Gasteiger partial charge in [-0.1, -0.05) is 57.2 Å². The molecule has 0 fully saturated rings. The zero-order chi connectivity index (χ0) is 13.6. The van der Waals surface area contributed by atoms with Gasteiger partial charge in [0.2, 0.25) is 0 Å². The number of rotatable bonds is 0. The molecule has 0 aliphatic carbocycles. The van der Waals surface area contributed by atoms with Gasteiger partial charge in [-0.15, -0.1) is 0 Å². The van der Waals surface area contributed by atoms with E-state index < -0.39 is 11.6 Å². The molecule has 0 aromatic heterocycles. The summed E-state index contributed by atoms with van der Waals surface area (Å²) < 4.78 is 23.9. The van der Waals surface area contributed by atoms with Gasteiger partial charge in [0.1, 0.15) is 11.6 Å². The van der Waals surface area contributed by atoms with E-state index in [9.17, 15) is 8.78 Å². The van der Waals surface area contributed by atoms with Crippen molar-refractivity contribution in [2.75, 3.05) is 0 Å². The Balaban J connectivity index is 0.000000184. The van der Waals surface area contributed by atoms with Gasteiger partial charge in [0.05, 0.1) is 0 Å². The molecule has 0 spiro atoms. The minimum atomic E-state index is -0.537. The summed E-state index contributed by atoms with van der Waals surface area (Å²) in [6, 6.07) is 15.1. The molecule has 0 atom stereocenters. The maximum absolute atomic E-state index is 11.9. The quantitative estimate of drug-likeness (QED) is 0.619. The fraction of sp³-hybridized carbons (Fsp3) is 0.250. The van der Waals surface area contributed by atoms with E-state index in [4.69, 9.17) is 0 Å². The van der Waals surface area contributed by atoms with Crippen molar-refractivity contribution in [1.29, 1.82) is 0 Å².